The molecule has 1 aliphatic carbocycles. The van der Waals surface area contributed by atoms with Crippen LogP contribution in [0.5, 0.6) is 0 Å². The van der Waals surface area contributed by atoms with E-state index in [1.165, 1.54) is 4.31 Å². The minimum Gasteiger partial charge on any atom is -0.392 e. The monoisotopic (exact) mass is 317 g/mol. The number of aliphatic hydroxyl groups is 1. The molecule has 0 amide bonds. The lowest BCUT2D eigenvalue weighted by atomic mass is 10.0. The van der Waals surface area contributed by atoms with Gasteiger partial charge in [0.25, 0.3) is 0 Å². The van der Waals surface area contributed by atoms with Gasteiger partial charge in [0, 0.05) is 13.1 Å². The molecule has 0 aromatic heterocycles. The smallest absolute Gasteiger partial charge is 0.246 e. The first-order valence-electron chi connectivity index (χ1n) is 7.02. The van der Waals surface area contributed by atoms with Gasteiger partial charge in [0.2, 0.25) is 10.0 Å². The molecule has 7 heteroatoms. The van der Waals surface area contributed by atoms with Crippen LogP contribution in [0.2, 0.25) is 0 Å². The van der Waals surface area contributed by atoms with E-state index in [0.29, 0.717) is 24.9 Å². The van der Waals surface area contributed by atoms with Gasteiger partial charge < -0.3 is 5.11 Å². The molecule has 21 heavy (non-hydrogen) atoms. The molecule has 116 valence electrons. The number of aliphatic hydroxyl groups excluding tert-OH is 1. The Hall–Kier alpha value is -1.05. The summed E-state index contributed by atoms with van der Waals surface area (Å²) >= 11 is 0. The van der Waals surface area contributed by atoms with Crippen LogP contribution in [0.3, 0.4) is 0 Å². The molecule has 2 fully saturated rings. The van der Waals surface area contributed by atoms with Crippen molar-refractivity contribution < 1.29 is 22.3 Å². The third-order valence-corrected chi connectivity index (χ3v) is 6.38. The first kappa shape index (κ1) is 14.9. The number of hydrogen-bond donors (Lipinski definition) is 1. The highest BCUT2D eigenvalue weighted by Crippen LogP contribution is 2.40. The number of rotatable bonds is 3. The molecule has 2 unspecified atom stereocenters. The average molecular weight is 317 g/mol. The van der Waals surface area contributed by atoms with Crippen molar-refractivity contribution in [1.82, 2.24) is 4.31 Å². The largest absolute Gasteiger partial charge is 0.392 e. The number of halogens is 2. The number of benzene rings is 1. The molecule has 1 N–H and O–H groups in total. The van der Waals surface area contributed by atoms with E-state index in [4.69, 9.17) is 5.11 Å². The standard InChI is InChI=1S/C14H17F2NO3S/c15-12-4-9(8-18)5-13(14(12)16)21(19,20)17-6-10-2-1-3-11(10)7-17/h4-5,10-11,18H,1-3,6-8H2. The van der Waals surface area contributed by atoms with E-state index in [1.54, 1.807) is 0 Å². The topological polar surface area (TPSA) is 57.6 Å². The Morgan fingerprint density at radius 3 is 2.38 bits per heavy atom. The maximum atomic E-state index is 13.9. The molecule has 0 spiro atoms. The molecule has 1 aromatic carbocycles. The predicted molar refractivity (Wildman–Crippen MR) is 71.9 cm³/mol. The van der Waals surface area contributed by atoms with E-state index >= 15 is 0 Å². The van der Waals surface area contributed by atoms with Gasteiger partial charge in [-0.05, 0) is 42.4 Å². The van der Waals surface area contributed by atoms with Gasteiger partial charge in [0.1, 0.15) is 4.90 Å². The molecule has 1 aliphatic heterocycles. The summed E-state index contributed by atoms with van der Waals surface area (Å²) in [5.41, 5.74) is 0.0480. The lowest BCUT2D eigenvalue weighted by Gasteiger charge is -2.18. The Kier molecular flexibility index (Phi) is 3.75. The van der Waals surface area contributed by atoms with Gasteiger partial charge in [-0.15, -0.1) is 0 Å². The Labute approximate surface area is 122 Å². The second-order valence-electron chi connectivity index (χ2n) is 5.82. The minimum atomic E-state index is -4.06. The lowest BCUT2D eigenvalue weighted by Crippen LogP contribution is -2.30. The van der Waals surface area contributed by atoms with Crippen LogP contribution < -0.4 is 0 Å². The summed E-state index contributed by atoms with van der Waals surface area (Å²) < 4.78 is 53.7. The summed E-state index contributed by atoms with van der Waals surface area (Å²) in [5, 5.41) is 9.04. The van der Waals surface area contributed by atoms with Crippen LogP contribution in [0.15, 0.2) is 17.0 Å². The number of fused-ring (bicyclic) bond motifs is 1. The van der Waals surface area contributed by atoms with E-state index in [2.05, 4.69) is 0 Å². The van der Waals surface area contributed by atoms with Gasteiger partial charge in [-0.1, -0.05) is 6.42 Å². The lowest BCUT2D eigenvalue weighted by molar-refractivity contribution is 0.280. The Bertz CT molecular complexity index is 650. The fraction of sp³-hybridized carbons (Fsp3) is 0.571. The van der Waals surface area contributed by atoms with Gasteiger partial charge in [0.05, 0.1) is 6.61 Å². The normalized spacial score (nSPS) is 26.2. The summed E-state index contributed by atoms with van der Waals surface area (Å²) in [4.78, 5) is -0.675. The van der Waals surface area contributed by atoms with Crippen LogP contribution >= 0.6 is 0 Å². The van der Waals surface area contributed by atoms with E-state index in [1.807, 2.05) is 0 Å². The zero-order valence-electron chi connectivity index (χ0n) is 11.4. The number of sulfonamides is 1. The van der Waals surface area contributed by atoms with Crippen molar-refractivity contribution in [2.45, 2.75) is 30.8 Å². The van der Waals surface area contributed by atoms with Crippen molar-refractivity contribution in [3.05, 3.63) is 29.3 Å². The van der Waals surface area contributed by atoms with Crippen molar-refractivity contribution in [3.8, 4) is 0 Å². The molecule has 1 heterocycles. The van der Waals surface area contributed by atoms with Gasteiger partial charge in [-0.3, -0.25) is 0 Å². The zero-order chi connectivity index (χ0) is 15.2. The highest BCUT2D eigenvalue weighted by molar-refractivity contribution is 7.89. The molecule has 0 radical (unpaired) electrons. The van der Waals surface area contributed by atoms with Crippen molar-refractivity contribution >= 4 is 10.0 Å². The van der Waals surface area contributed by atoms with E-state index in [-0.39, 0.29) is 5.56 Å². The molecule has 2 aliphatic rings. The molecule has 3 rings (SSSR count). The molecular weight excluding hydrogens is 300 g/mol. The second-order valence-corrected chi connectivity index (χ2v) is 7.73. The first-order valence-corrected chi connectivity index (χ1v) is 8.46. The van der Waals surface area contributed by atoms with Gasteiger partial charge in [0.15, 0.2) is 11.6 Å². The third kappa shape index (κ3) is 2.47. The van der Waals surface area contributed by atoms with Crippen LogP contribution in [0, 0.1) is 23.5 Å². The highest BCUT2D eigenvalue weighted by Gasteiger charge is 2.42. The van der Waals surface area contributed by atoms with E-state index in [9.17, 15) is 17.2 Å². The van der Waals surface area contributed by atoms with Gasteiger partial charge in [-0.2, -0.15) is 4.31 Å². The predicted octanol–water partition coefficient (Wildman–Crippen LogP) is 1.88. The van der Waals surface area contributed by atoms with E-state index < -0.39 is 33.2 Å². The number of hydrogen-bond acceptors (Lipinski definition) is 3. The Morgan fingerprint density at radius 2 is 1.81 bits per heavy atom. The van der Waals surface area contributed by atoms with Crippen molar-refractivity contribution in [2.75, 3.05) is 13.1 Å². The summed E-state index contributed by atoms with van der Waals surface area (Å²) in [7, 11) is -4.06. The zero-order valence-corrected chi connectivity index (χ0v) is 12.2. The Balaban J connectivity index is 1.97. The summed E-state index contributed by atoms with van der Waals surface area (Å²) in [6, 6.07) is 1.83. The van der Waals surface area contributed by atoms with Crippen molar-refractivity contribution in [1.29, 1.82) is 0 Å². The highest BCUT2D eigenvalue weighted by atomic mass is 32.2. The minimum absolute atomic E-state index is 0.0480. The summed E-state index contributed by atoms with van der Waals surface area (Å²) in [5.74, 6) is -1.97. The molecular formula is C14H17F2NO3S. The van der Waals surface area contributed by atoms with Crippen LogP contribution in [0.1, 0.15) is 24.8 Å². The molecule has 1 saturated heterocycles. The molecule has 2 atom stereocenters. The Morgan fingerprint density at radius 1 is 1.19 bits per heavy atom. The molecule has 4 nitrogen and oxygen atoms in total. The summed E-state index contributed by atoms with van der Waals surface area (Å²) in [6.45, 7) is 0.208. The molecule has 1 saturated carbocycles. The maximum absolute atomic E-state index is 13.9. The molecule has 0 bridgehead atoms. The van der Waals surface area contributed by atoms with Gasteiger partial charge >= 0.3 is 0 Å². The first-order chi connectivity index (χ1) is 9.93. The third-order valence-electron chi connectivity index (χ3n) is 4.55. The van der Waals surface area contributed by atoms with Crippen molar-refractivity contribution in [2.24, 2.45) is 11.8 Å². The SMILES string of the molecule is O=S(=O)(c1cc(CO)cc(F)c1F)N1CC2CCCC2C1. The van der Waals surface area contributed by atoms with E-state index in [0.717, 1.165) is 31.4 Å². The van der Waals surface area contributed by atoms with Crippen molar-refractivity contribution in [3.63, 3.8) is 0 Å². The van der Waals surface area contributed by atoms with Gasteiger partial charge in [-0.25, -0.2) is 17.2 Å². The van der Waals surface area contributed by atoms with Crippen LogP contribution in [0.25, 0.3) is 0 Å². The van der Waals surface area contributed by atoms with Crippen LogP contribution in [0.4, 0.5) is 8.78 Å². The maximum Gasteiger partial charge on any atom is 0.246 e. The van der Waals surface area contributed by atoms with Crippen LogP contribution in [-0.4, -0.2) is 30.9 Å². The fourth-order valence-electron chi connectivity index (χ4n) is 3.42. The fourth-order valence-corrected chi connectivity index (χ4v) is 5.10. The second kappa shape index (κ2) is 5.30. The van der Waals surface area contributed by atoms with Crippen LogP contribution in [-0.2, 0) is 16.6 Å². The quantitative estimate of drug-likeness (QED) is 0.926. The summed E-state index contributed by atoms with van der Waals surface area (Å²) in [6.07, 6.45) is 3.08. The number of nitrogens with zero attached hydrogens (tertiary/aromatic N) is 1. The average Bonchev–Trinajstić information content (AvgIpc) is 3.02. The molecule has 1 aromatic rings.